The van der Waals surface area contributed by atoms with Crippen LogP contribution < -0.4 is 11.1 Å². The van der Waals surface area contributed by atoms with Gasteiger partial charge in [-0.2, -0.15) is 9.97 Å². The van der Waals surface area contributed by atoms with Gasteiger partial charge in [0.05, 0.1) is 25.1 Å². The van der Waals surface area contributed by atoms with Crippen molar-refractivity contribution in [3.8, 4) is 0 Å². The molecule has 0 aliphatic heterocycles. The molecule has 7 nitrogen and oxygen atoms in total. The van der Waals surface area contributed by atoms with Gasteiger partial charge in [-0.25, -0.2) is 4.98 Å². The van der Waals surface area contributed by atoms with Crippen LogP contribution in [0.3, 0.4) is 0 Å². The zero-order chi connectivity index (χ0) is 16.4. The maximum Gasteiger partial charge on any atom is 0.227 e. The van der Waals surface area contributed by atoms with Gasteiger partial charge >= 0.3 is 0 Å². The van der Waals surface area contributed by atoms with E-state index in [1.54, 1.807) is 6.33 Å². The lowest BCUT2D eigenvalue weighted by atomic mass is 10.2. The number of rotatable bonds is 5. The normalized spacial score (nSPS) is 20.5. The van der Waals surface area contributed by atoms with Crippen LogP contribution in [0.25, 0.3) is 11.2 Å². The molecule has 0 spiro atoms. The maximum atomic E-state index is 6.11. The van der Waals surface area contributed by atoms with Crippen molar-refractivity contribution in [1.82, 2.24) is 19.9 Å². The molecular weight excluding hydrogens is 304 g/mol. The largest absolute Gasteiger partial charge is 0.382 e. The molecule has 124 valence electrons. The van der Waals surface area contributed by atoms with Crippen LogP contribution in [-0.2, 0) is 11.3 Å². The Morgan fingerprint density at radius 1 is 1.21 bits per heavy atom. The van der Waals surface area contributed by atoms with E-state index < -0.39 is 0 Å². The second-order valence-electron chi connectivity index (χ2n) is 6.05. The first-order chi connectivity index (χ1) is 11.8. The quantitative estimate of drug-likeness (QED) is 0.666. The lowest BCUT2D eigenvalue weighted by Crippen LogP contribution is -2.31. The van der Waals surface area contributed by atoms with Crippen LogP contribution in [0.4, 0.5) is 11.8 Å². The Labute approximate surface area is 139 Å². The van der Waals surface area contributed by atoms with Crippen molar-refractivity contribution in [2.45, 2.75) is 38.0 Å². The lowest BCUT2D eigenvalue weighted by Gasteiger charge is -2.21. The van der Waals surface area contributed by atoms with E-state index in [0.717, 1.165) is 19.3 Å². The van der Waals surface area contributed by atoms with Gasteiger partial charge in [-0.15, -0.1) is 0 Å². The van der Waals surface area contributed by atoms with Crippen molar-refractivity contribution < 1.29 is 4.74 Å². The molecule has 0 amide bonds. The van der Waals surface area contributed by atoms with Crippen molar-refractivity contribution in [2.24, 2.45) is 0 Å². The third kappa shape index (κ3) is 3.03. The van der Waals surface area contributed by atoms with Crippen LogP contribution in [0, 0.1) is 0 Å². The van der Waals surface area contributed by atoms with Crippen molar-refractivity contribution in [2.75, 3.05) is 11.1 Å². The Morgan fingerprint density at radius 3 is 2.96 bits per heavy atom. The molecule has 0 unspecified atom stereocenters. The molecular formula is C17H20N6O. The fourth-order valence-corrected chi connectivity index (χ4v) is 3.15. The molecule has 0 saturated heterocycles. The molecule has 2 heterocycles. The van der Waals surface area contributed by atoms with Crippen LogP contribution in [0.1, 0.15) is 24.8 Å². The van der Waals surface area contributed by atoms with Gasteiger partial charge in [0.2, 0.25) is 5.95 Å². The fraction of sp³-hybridized carbons (Fsp3) is 0.353. The van der Waals surface area contributed by atoms with Crippen LogP contribution in [0.5, 0.6) is 0 Å². The summed E-state index contributed by atoms with van der Waals surface area (Å²) in [7, 11) is 0. The third-order valence-corrected chi connectivity index (χ3v) is 4.39. The number of nitrogens with two attached hydrogens (primary N) is 1. The summed E-state index contributed by atoms with van der Waals surface area (Å²) in [5, 5.41) is 3.37. The third-order valence-electron chi connectivity index (χ3n) is 4.39. The monoisotopic (exact) mass is 324 g/mol. The first kappa shape index (κ1) is 14.9. The number of H-pyrrole nitrogens is 1. The van der Waals surface area contributed by atoms with E-state index in [9.17, 15) is 0 Å². The van der Waals surface area contributed by atoms with Gasteiger partial charge in [0.15, 0.2) is 11.5 Å². The van der Waals surface area contributed by atoms with Gasteiger partial charge in [0, 0.05) is 0 Å². The Balaban J connectivity index is 1.44. The molecule has 2 aromatic heterocycles. The van der Waals surface area contributed by atoms with Gasteiger partial charge in [-0.3, -0.25) is 0 Å². The number of hydrogen-bond donors (Lipinski definition) is 3. The maximum absolute atomic E-state index is 6.11. The number of anilines is 2. The van der Waals surface area contributed by atoms with E-state index in [1.807, 2.05) is 18.2 Å². The van der Waals surface area contributed by atoms with Crippen LogP contribution >= 0.6 is 0 Å². The van der Waals surface area contributed by atoms with Gasteiger partial charge in [0.1, 0.15) is 5.52 Å². The van der Waals surface area contributed by atoms with Gasteiger partial charge in [-0.05, 0) is 24.8 Å². The van der Waals surface area contributed by atoms with E-state index in [1.165, 1.54) is 5.56 Å². The minimum atomic E-state index is 0.143. The van der Waals surface area contributed by atoms with Gasteiger partial charge in [-0.1, -0.05) is 30.3 Å². The SMILES string of the molecule is Nc1nc(N[C@@H]2CCC[C@H]2OCc2ccccc2)nc2nc[nH]c12. The highest BCUT2D eigenvalue weighted by Crippen LogP contribution is 2.26. The molecule has 1 saturated carbocycles. The first-order valence-corrected chi connectivity index (χ1v) is 8.18. The van der Waals surface area contributed by atoms with Crippen LogP contribution in [0.15, 0.2) is 36.7 Å². The van der Waals surface area contributed by atoms with E-state index in [-0.39, 0.29) is 12.1 Å². The number of nitrogens with one attached hydrogen (secondary N) is 2. The zero-order valence-corrected chi connectivity index (χ0v) is 13.3. The molecule has 0 radical (unpaired) electrons. The van der Waals surface area contributed by atoms with E-state index in [0.29, 0.717) is 29.5 Å². The highest BCUT2D eigenvalue weighted by molar-refractivity contribution is 5.82. The highest BCUT2D eigenvalue weighted by atomic mass is 16.5. The van der Waals surface area contributed by atoms with Crippen molar-refractivity contribution >= 4 is 22.9 Å². The minimum absolute atomic E-state index is 0.143. The molecule has 4 rings (SSSR count). The number of fused-ring (bicyclic) bond motifs is 1. The highest BCUT2D eigenvalue weighted by Gasteiger charge is 2.29. The standard InChI is InChI=1S/C17H20N6O/c18-15-14-16(20-10-19-14)23-17(22-15)21-12-7-4-8-13(12)24-9-11-5-2-1-3-6-11/h1-3,5-6,10,12-13H,4,7-9H2,(H4,18,19,20,21,22,23)/t12-,13-/m1/s1. The second kappa shape index (κ2) is 6.45. The molecule has 1 aliphatic carbocycles. The smallest absolute Gasteiger partial charge is 0.227 e. The van der Waals surface area contributed by atoms with Crippen molar-refractivity contribution in [3.05, 3.63) is 42.2 Å². The summed E-state index contributed by atoms with van der Waals surface area (Å²) in [6.07, 6.45) is 4.90. The molecule has 24 heavy (non-hydrogen) atoms. The molecule has 7 heteroatoms. The summed E-state index contributed by atoms with van der Waals surface area (Å²) in [6.45, 7) is 0.616. The van der Waals surface area contributed by atoms with E-state index in [4.69, 9.17) is 10.5 Å². The van der Waals surface area contributed by atoms with Crippen molar-refractivity contribution in [3.63, 3.8) is 0 Å². The molecule has 0 bridgehead atoms. The number of ether oxygens (including phenoxy) is 1. The predicted molar refractivity (Wildman–Crippen MR) is 92.4 cm³/mol. The van der Waals surface area contributed by atoms with Crippen LogP contribution in [-0.4, -0.2) is 32.1 Å². The van der Waals surface area contributed by atoms with E-state index >= 15 is 0 Å². The molecule has 4 N–H and O–H groups in total. The number of aromatic nitrogens is 4. The summed E-state index contributed by atoms with van der Waals surface area (Å²) < 4.78 is 6.11. The fourth-order valence-electron chi connectivity index (χ4n) is 3.15. The molecule has 3 aromatic rings. The summed E-state index contributed by atoms with van der Waals surface area (Å²) in [5.41, 5.74) is 8.38. The zero-order valence-electron chi connectivity index (χ0n) is 13.3. The number of hydrogen-bond acceptors (Lipinski definition) is 6. The number of aromatic amines is 1. The van der Waals surface area contributed by atoms with Gasteiger partial charge < -0.3 is 20.8 Å². The first-order valence-electron chi connectivity index (χ1n) is 8.18. The average Bonchev–Trinajstić information content (AvgIpc) is 3.23. The number of nitrogen functional groups attached to an aromatic ring is 1. The topological polar surface area (TPSA) is 102 Å². The Hall–Kier alpha value is -2.67. The second-order valence-corrected chi connectivity index (χ2v) is 6.05. The Bertz CT molecular complexity index is 818. The minimum Gasteiger partial charge on any atom is -0.382 e. The molecule has 1 fully saturated rings. The predicted octanol–water partition coefficient (Wildman–Crippen LogP) is 2.48. The molecule has 1 aromatic carbocycles. The summed E-state index contributed by atoms with van der Waals surface area (Å²) in [4.78, 5) is 15.8. The summed E-state index contributed by atoms with van der Waals surface area (Å²) in [6, 6.07) is 10.4. The number of nitrogens with zero attached hydrogens (tertiary/aromatic N) is 3. The Morgan fingerprint density at radius 2 is 2.08 bits per heavy atom. The van der Waals surface area contributed by atoms with E-state index in [2.05, 4.69) is 37.4 Å². The molecule has 2 atom stereocenters. The number of benzene rings is 1. The molecule has 1 aliphatic rings. The van der Waals surface area contributed by atoms with Gasteiger partial charge in [0.25, 0.3) is 0 Å². The number of imidazole rings is 1. The van der Waals surface area contributed by atoms with Crippen molar-refractivity contribution in [1.29, 1.82) is 0 Å². The van der Waals surface area contributed by atoms with Crippen LogP contribution in [0.2, 0.25) is 0 Å². The average molecular weight is 324 g/mol. The Kier molecular flexibility index (Phi) is 4.00. The summed E-state index contributed by atoms with van der Waals surface area (Å²) >= 11 is 0. The lowest BCUT2D eigenvalue weighted by molar-refractivity contribution is 0.0393. The summed E-state index contributed by atoms with van der Waals surface area (Å²) in [5.74, 6) is 0.909.